The molecule has 0 atom stereocenters. The number of hydrogen-bond donors (Lipinski definition) is 2. The van der Waals surface area contributed by atoms with Gasteiger partial charge in [-0.15, -0.1) is 0 Å². The van der Waals surface area contributed by atoms with E-state index in [9.17, 15) is 0 Å². The molecule has 1 aliphatic carbocycles. The molecule has 22 heavy (non-hydrogen) atoms. The maximum atomic E-state index is 5.44. The van der Waals surface area contributed by atoms with Crippen molar-refractivity contribution in [1.29, 1.82) is 0 Å². The van der Waals surface area contributed by atoms with Crippen molar-refractivity contribution in [2.45, 2.75) is 19.4 Å². The lowest BCUT2D eigenvalue weighted by molar-refractivity contribution is 0.368. The van der Waals surface area contributed by atoms with Crippen LogP contribution in [0.15, 0.2) is 17.1 Å². The second-order valence-electron chi connectivity index (χ2n) is 5.26. The van der Waals surface area contributed by atoms with Gasteiger partial charge in [0.2, 0.25) is 0 Å². The van der Waals surface area contributed by atoms with Crippen LogP contribution in [0.2, 0.25) is 0 Å². The van der Waals surface area contributed by atoms with Gasteiger partial charge in [-0.05, 0) is 18.8 Å². The van der Waals surface area contributed by atoms with Gasteiger partial charge in [0.25, 0.3) is 0 Å². The van der Waals surface area contributed by atoms with Gasteiger partial charge in [0.15, 0.2) is 5.96 Å². The van der Waals surface area contributed by atoms with Crippen molar-refractivity contribution in [3.8, 4) is 17.2 Å². The van der Waals surface area contributed by atoms with Crippen LogP contribution >= 0.6 is 0 Å². The lowest BCUT2D eigenvalue weighted by Gasteiger charge is -2.17. The number of benzene rings is 1. The summed E-state index contributed by atoms with van der Waals surface area (Å²) in [5, 5.41) is 6.63. The molecule has 2 N–H and O–H groups in total. The molecule has 6 nitrogen and oxygen atoms in total. The Balaban J connectivity index is 2.06. The first-order valence-corrected chi connectivity index (χ1v) is 7.45. The van der Waals surface area contributed by atoms with E-state index in [4.69, 9.17) is 14.2 Å². The van der Waals surface area contributed by atoms with E-state index < -0.39 is 0 Å². The molecule has 6 heteroatoms. The van der Waals surface area contributed by atoms with E-state index in [1.807, 2.05) is 12.1 Å². The van der Waals surface area contributed by atoms with Gasteiger partial charge in [0.05, 0.1) is 33.4 Å². The zero-order valence-electron chi connectivity index (χ0n) is 13.7. The number of aliphatic imine (C=N–C) groups is 1. The normalized spacial score (nSPS) is 14.5. The minimum atomic E-state index is 0.556. The van der Waals surface area contributed by atoms with Gasteiger partial charge in [0, 0.05) is 25.7 Å². The van der Waals surface area contributed by atoms with E-state index in [1.54, 1.807) is 28.4 Å². The monoisotopic (exact) mass is 307 g/mol. The second-order valence-corrected chi connectivity index (χ2v) is 5.26. The number of nitrogens with zero attached hydrogens (tertiary/aromatic N) is 1. The third-order valence-corrected chi connectivity index (χ3v) is 3.73. The standard InChI is InChI=1S/C16H25N3O3/c1-17-16(18-9-11-5-6-11)19-10-13-14(21-3)7-12(20-2)8-15(13)22-4/h7-8,11H,5-6,9-10H2,1-4H3,(H2,17,18,19). The van der Waals surface area contributed by atoms with Gasteiger partial charge in [-0.3, -0.25) is 4.99 Å². The highest BCUT2D eigenvalue weighted by atomic mass is 16.5. The molecular formula is C16H25N3O3. The van der Waals surface area contributed by atoms with E-state index in [-0.39, 0.29) is 0 Å². The quantitative estimate of drug-likeness (QED) is 0.594. The summed E-state index contributed by atoms with van der Waals surface area (Å²) in [6.07, 6.45) is 2.62. The summed E-state index contributed by atoms with van der Waals surface area (Å²) >= 11 is 0. The maximum absolute atomic E-state index is 5.44. The summed E-state index contributed by atoms with van der Waals surface area (Å²) in [7, 11) is 6.66. The smallest absolute Gasteiger partial charge is 0.191 e. The topological polar surface area (TPSA) is 64.1 Å². The molecule has 2 rings (SSSR count). The maximum Gasteiger partial charge on any atom is 0.191 e. The summed E-state index contributed by atoms with van der Waals surface area (Å²) in [5.41, 5.74) is 0.931. The highest BCUT2D eigenvalue weighted by molar-refractivity contribution is 5.79. The van der Waals surface area contributed by atoms with Crippen molar-refractivity contribution < 1.29 is 14.2 Å². The first kappa shape index (κ1) is 16.3. The predicted molar refractivity (Wildman–Crippen MR) is 87.0 cm³/mol. The number of hydrogen-bond acceptors (Lipinski definition) is 4. The van der Waals surface area contributed by atoms with Crippen LogP contribution in [-0.2, 0) is 6.54 Å². The molecule has 1 fully saturated rings. The van der Waals surface area contributed by atoms with Crippen molar-refractivity contribution in [3.63, 3.8) is 0 Å². The zero-order valence-corrected chi connectivity index (χ0v) is 13.7. The molecule has 0 saturated heterocycles. The van der Waals surface area contributed by atoms with Gasteiger partial charge in [0.1, 0.15) is 17.2 Å². The van der Waals surface area contributed by atoms with Crippen LogP contribution in [0, 0.1) is 5.92 Å². The summed E-state index contributed by atoms with van der Waals surface area (Å²) in [6.45, 7) is 1.53. The summed E-state index contributed by atoms with van der Waals surface area (Å²) < 4.78 is 16.1. The SMILES string of the molecule is CN=C(NCc1c(OC)cc(OC)cc1OC)NCC1CC1. The van der Waals surface area contributed by atoms with E-state index in [0.717, 1.165) is 35.5 Å². The summed E-state index contributed by atoms with van der Waals surface area (Å²) in [5.74, 6) is 3.73. The number of nitrogens with one attached hydrogen (secondary N) is 2. The van der Waals surface area contributed by atoms with Gasteiger partial charge < -0.3 is 24.8 Å². The molecule has 0 spiro atoms. The van der Waals surface area contributed by atoms with Crippen molar-refractivity contribution >= 4 is 5.96 Å². The average Bonchev–Trinajstić information content (AvgIpc) is 3.38. The third-order valence-electron chi connectivity index (χ3n) is 3.73. The molecule has 1 aromatic carbocycles. The van der Waals surface area contributed by atoms with Crippen molar-refractivity contribution in [1.82, 2.24) is 10.6 Å². The Labute approximate surface area is 131 Å². The van der Waals surface area contributed by atoms with Crippen molar-refractivity contribution in [3.05, 3.63) is 17.7 Å². The largest absolute Gasteiger partial charge is 0.496 e. The van der Waals surface area contributed by atoms with E-state index in [0.29, 0.717) is 12.3 Å². The first-order chi connectivity index (χ1) is 10.7. The Morgan fingerprint density at radius 2 is 1.73 bits per heavy atom. The van der Waals surface area contributed by atoms with Gasteiger partial charge >= 0.3 is 0 Å². The molecule has 0 aliphatic heterocycles. The van der Waals surface area contributed by atoms with Crippen LogP contribution in [0.5, 0.6) is 17.2 Å². The third kappa shape index (κ3) is 4.19. The molecule has 1 aliphatic rings. The van der Waals surface area contributed by atoms with Crippen LogP contribution in [0.4, 0.5) is 0 Å². The number of ether oxygens (including phenoxy) is 3. The fourth-order valence-corrected chi connectivity index (χ4v) is 2.21. The molecule has 1 aromatic rings. The Hall–Kier alpha value is -2.11. The molecule has 0 unspecified atom stereocenters. The minimum Gasteiger partial charge on any atom is -0.496 e. The molecule has 0 aromatic heterocycles. The Morgan fingerprint density at radius 3 is 2.18 bits per heavy atom. The number of rotatable bonds is 7. The summed E-state index contributed by atoms with van der Waals surface area (Å²) in [4.78, 5) is 4.24. The first-order valence-electron chi connectivity index (χ1n) is 7.45. The molecule has 0 amide bonds. The lowest BCUT2D eigenvalue weighted by Crippen LogP contribution is -2.38. The van der Waals surface area contributed by atoms with Crippen molar-refractivity contribution in [2.75, 3.05) is 34.9 Å². The zero-order chi connectivity index (χ0) is 15.9. The fourth-order valence-electron chi connectivity index (χ4n) is 2.21. The van der Waals surface area contributed by atoms with E-state index in [1.165, 1.54) is 12.8 Å². The van der Waals surface area contributed by atoms with Crippen molar-refractivity contribution in [2.24, 2.45) is 10.9 Å². The van der Waals surface area contributed by atoms with Gasteiger partial charge in [-0.1, -0.05) is 0 Å². The van der Waals surface area contributed by atoms with Crippen LogP contribution in [-0.4, -0.2) is 40.9 Å². The van der Waals surface area contributed by atoms with Gasteiger partial charge in [-0.25, -0.2) is 0 Å². The molecule has 122 valence electrons. The Morgan fingerprint density at radius 1 is 1.09 bits per heavy atom. The van der Waals surface area contributed by atoms with E-state index in [2.05, 4.69) is 15.6 Å². The molecule has 0 radical (unpaired) electrons. The molecule has 1 saturated carbocycles. The number of guanidine groups is 1. The molecule has 0 bridgehead atoms. The van der Waals surface area contributed by atoms with E-state index >= 15 is 0 Å². The summed E-state index contributed by atoms with van der Waals surface area (Å²) in [6, 6.07) is 3.69. The molecular weight excluding hydrogens is 282 g/mol. The Kier molecular flexibility index (Phi) is 5.75. The predicted octanol–water partition coefficient (Wildman–Crippen LogP) is 1.79. The van der Waals surface area contributed by atoms with Crippen LogP contribution in [0.1, 0.15) is 18.4 Å². The van der Waals surface area contributed by atoms with Crippen LogP contribution < -0.4 is 24.8 Å². The fraction of sp³-hybridized carbons (Fsp3) is 0.562. The highest BCUT2D eigenvalue weighted by Crippen LogP contribution is 2.33. The average molecular weight is 307 g/mol. The Bertz CT molecular complexity index is 502. The highest BCUT2D eigenvalue weighted by Gasteiger charge is 2.21. The van der Waals surface area contributed by atoms with Gasteiger partial charge in [-0.2, -0.15) is 0 Å². The minimum absolute atomic E-state index is 0.556. The lowest BCUT2D eigenvalue weighted by atomic mass is 10.1. The van der Waals surface area contributed by atoms with Crippen LogP contribution in [0.25, 0.3) is 0 Å². The molecule has 0 heterocycles. The van der Waals surface area contributed by atoms with Crippen LogP contribution in [0.3, 0.4) is 0 Å². The number of methoxy groups -OCH3 is 3. The second kappa shape index (κ2) is 7.77.